The molecule has 5 nitrogen and oxygen atoms in total. The maximum atomic E-state index is 12.4. The van der Waals surface area contributed by atoms with Gasteiger partial charge in [0.1, 0.15) is 17.5 Å². The molecule has 1 heterocycles. The average molecular weight is 320 g/mol. The molecule has 1 aliphatic heterocycles. The first-order valence-electron chi connectivity index (χ1n) is 8.02. The summed E-state index contributed by atoms with van der Waals surface area (Å²) in [4.78, 5) is 23.4. The van der Waals surface area contributed by atoms with Crippen molar-refractivity contribution in [1.82, 2.24) is 0 Å². The molecule has 0 aromatic heterocycles. The van der Waals surface area contributed by atoms with Gasteiger partial charge < -0.3 is 9.47 Å². The summed E-state index contributed by atoms with van der Waals surface area (Å²) < 4.78 is 11.7. The number of carbonyl (C=O) groups excluding carboxylic acids is 2. The average Bonchev–Trinajstić information content (AvgIpc) is 2.48. The molecule has 5 heteroatoms. The zero-order valence-electron chi connectivity index (χ0n) is 14.4. The smallest absolute Gasteiger partial charge is 0.489 e. The molecule has 1 saturated heterocycles. The summed E-state index contributed by atoms with van der Waals surface area (Å²) in [6, 6.07) is 7.21. The largest absolute Gasteiger partial charge is 0.516 e. The number of para-hydroxylation sites is 1. The van der Waals surface area contributed by atoms with Gasteiger partial charge in [-0.2, -0.15) is 4.79 Å². The lowest BCUT2D eigenvalue weighted by molar-refractivity contribution is -0.845. The Morgan fingerprint density at radius 2 is 1.83 bits per heavy atom. The predicted molar refractivity (Wildman–Crippen MR) is 87.6 cm³/mol. The minimum absolute atomic E-state index is 0.0183. The standard InChI is InChI=1S/C18H26NO4/c1-18(2,3)23-17(21)19(4)11-9-15(10-12-19)22-16-8-6-5-7-14(16)13-20/h5-8,13,15H,9-12H2,1-4H3/q+1. The number of ether oxygens (including phenoxy) is 2. The molecule has 126 valence electrons. The van der Waals surface area contributed by atoms with Gasteiger partial charge in [-0.1, -0.05) is 12.1 Å². The number of hydrogen-bond donors (Lipinski definition) is 0. The third kappa shape index (κ3) is 4.55. The van der Waals surface area contributed by atoms with Crippen LogP contribution >= 0.6 is 0 Å². The van der Waals surface area contributed by atoms with E-state index in [1.165, 1.54) is 0 Å². The van der Waals surface area contributed by atoms with Crippen molar-refractivity contribution in [1.29, 1.82) is 0 Å². The van der Waals surface area contributed by atoms with E-state index in [1.54, 1.807) is 12.1 Å². The fourth-order valence-electron chi connectivity index (χ4n) is 2.65. The topological polar surface area (TPSA) is 52.6 Å². The van der Waals surface area contributed by atoms with Crippen molar-refractivity contribution >= 4 is 12.4 Å². The molecule has 1 fully saturated rings. The van der Waals surface area contributed by atoms with Crippen LogP contribution in [0.1, 0.15) is 44.0 Å². The lowest BCUT2D eigenvalue weighted by Gasteiger charge is -2.38. The second kappa shape index (κ2) is 6.71. The van der Waals surface area contributed by atoms with Crippen molar-refractivity contribution in [2.75, 3.05) is 20.1 Å². The molecule has 23 heavy (non-hydrogen) atoms. The number of quaternary nitrogens is 1. The summed E-state index contributed by atoms with van der Waals surface area (Å²) in [5.41, 5.74) is 0.0803. The van der Waals surface area contributed by atoms with E-state index in [9.17, 15) is 9.59 Å². The number of piperidine rings is 1. The molecular weight excluding hydrogens is 294 g/mol. The molecule has 1 aromatic carbocycles. The monoisotopic (exact) mass is 320 g/mol. The number of carbonyl (C=O) groups is 2. The fourth-order valence-corrected chi connectivity index (χ4v) is 2.65. The summed E-state index contributed by atoms with van der Waals surface area (Å²) >= 11 is 0. The second-order valence-corrected chi connectivity index (χ2v) is 7.30. The highest BCUT2D eigenvalue weighted by Crippen LogP contribution is 2.26. The molecule has 0 N–H and O–H groups in total. The van der Waals surface area contributed by atoms with E-state index in [-0.39, 0.29) is 16.7 Å². The molecule has 0 atom stereocenters. The van der Waals surface area contributed by atoms with Gasteiger partial charge in [0, 0.05) is 12.8 Å². The van der Waals surface area contributed by atoms with Gasteiger partial charge in [-0.3, -0.25) is 4.79 Å². The van der Waals surface area contributed by atoms with Crippen LogP contribution < -0.4 is 4.74 Å². The summed E-state index contributed by atoms with van der Waals surface area (Å²) in [5, 5.41) is 0. The Hall–Kier alpha value is -1.88. The third-order valence-electron chi connectivity index (χ3n) is 4.06. The van der Waals surface area contributed by atoms with Gasteiger partial charge in [0.15, 0.2) is 6.29 Å². The Bertz CT molecular complexity index is 569. The first-order chi connectivity index (χ1) is 10.7. The van der Waals surface area contributed by atoms with Crippen molar-refractivity contribution in [2.45, 2.75) is 45.3 Å². The molecule has 0 unspecified atom stereocenters. The van der Waals surface area contributed by atoms with Crippen LogP contribution in [0.25, 0.3) is 0 Å². The first kappa shape index (κ1) is 17.5. The SMILES string of the molecule is CC(C)(C)OC(=O)[N+]1(C)CCC(Oc2ccccc2C=O)CC1. The van der Waals surface area contributed by atoms with Crippen molar-refractivity contribution in [2.24, 2.45) is 0 Å². The van der Waals surface area contributed by atoms with Gasteiger partial charge in [-0.05, 0) is 32.9 Å². The number of rotatable bonds is 3. The van der Waals surface area contributed by atoms with Gasteiger partial charge in [0.2, 0.25) is 0 Å². The van der Waals surface area contributed by atoms with Crippen LogP contribution in [-0.2, 0) is 4.74 Å². The Kier molecular flexibility index (Phi) is 5.09. The predicted octanol–water partition coefficient (Wildman–Crippen LogP) is 3.42. The molecular formula is C18H26NO4+. The number of likely N-dealkylation sites (tertiary alicyclic amines) is 1. The quantitative estimate of drug-likeness (QED) is 0.632. The van der Waals surface area contributed by atoms with Crippen molar-refractivity contribution < 1.29 is 23.5 Å². The summed E-state index contributed by atoms with van der Waals surface area (Å²) in [6.45, 7) is 6.97. The molecule has 2 rings (SSSR count). The molecule has 0 saturated carbocycles. The summed E-state index contributed by atoms with van der Waals surface area (Å²) in [7, 11) is 1.91. The van der Waals surface area contributed by atoms with Crippen LogP contribution in [0.3, 0.4) is 0 Å². The number of nitrogens with zero attached hydrogens (tertiary/aromatic N) is 1. The van der Waals surface area contributed by atoms with Crippen LogP contribution in [-0.4, -0.2) is 48.7 Å². The van der Waals surface area contributed by atoms with Crippen molar-refractivity contribution in [3.05, 3.63) is 29.8 Å². The van der Waals surface area contributed by atoms with E-state index in [0.717, 1.165) is 19.1 Å². The zero-order valence-corrected chi connectivity index (χ0v) is 14.4. The van der Waals surface area contributed by atoms with E-state index >= 15 is 0 Å². The number of benzene rings is 1. The van der Waals surface area contributed by atoms with E-state index < -0.39 is 5.60 Å². The Morgan fingerprint density at radius 3 is 2.39 bits per heavy atom. The second-order valence-electron chi connectivity index (χ2n) is 7.30. The van der Waals surface area contributed by atoms with Crippen molar-refractivity contribution in [3.8, 4) is 5.75 Å². The molecule has 0 radical (unpaired) electrons. The molecule has 0 spiro atoms. The maximum absolute atomic E-state index is 12.4. The van der Waals surface area contributed by atoms with E-state index in [4.69, 9.17) is 9.47 Å². The summed E-state index contributed by atoms with van der Waals surface area (Å²) in [6.07, 6.45) is 2.14. The van der Waals surface area contributed by atoms with Crippen LogP contribution in [0.2, 0.25) is 0 Å². The van der Waals surface area contributed by atoms with E-state index in [2.05, 4.69) is 0 Å². The van der Waals surface area contributed by atoms with Gasteiger partial charge in [0.25, 0.3) is 0 Å². The lowest BCUT2D eigenvalue weighted by atomic mass is 10.1. The highest BCUT2D eigenvalue weighted by atomic mass is 16.6. The maximum Gasteiger partial charge on any atom is 0.516 e. The first-order valence-corrected chi connectivity index (χ1v) is 8.02. The molecule has 1 aromatic rings. The zero-order chi connectivity index (χ0) is 17.1. The minimum atomic E-state index is -0.478. The molecule has 0 aliphatic carbocycles. The molecule has 0 bridgehead atoms. The van der Waals surface area contributed by atoms with Gasteiger partial charge in [-0.15, -0.1) is 0 Å². The highest BCUT2D eigenvalue weighted by molar-refractivity contribution is 5.79. The number of amides is 1. The van der Waals surface area contributed by atoms with Crippen molar-refractivity contribution in [3.63, 3.8) is 0 Å². The number of aldehydes is 1. The Balaban J connectivity index is 1.95. The third-order valence-corrected chi connectivity index (χ3v) is 4.06. The van der Waals surface area contributed by atoms with Crippen LogP contribution in [0.15, 0.2) is 24.3 Å². The Morgan fingerprint density at radius 1 is 1.22 bits per heavy atom. The van der Waals surface area contributed by atoms with E-state index in [0.29, 0.717) is 24.4 Å². The molecule has 1 amide bonds. The lowest BCUT2D eigenvalue weighted by Crippen LogP contribution is -2.57. The fraction of sp³-hybridized carbons (Fsp3) is 0.556. The normalized spacial score (nSPS) is 24.8. The van der Waals surface area contributed by atoms with Gasteiger partial charge in [-0.25, -0.2) is 4.48 Å². The van der Waals surface area contributed by atoms with Crippen LogP contribution in [0.5, 0.6) is 5.75 Å². The Labute approximate surface area is 137 Å². The van der Waals surface area contributed by atoms with Gasteiger partial charge >= 0.3 is 6.09 Å². The highest BCUT2D eigenvalue weighted by Gasteiger charge is 2.41. The molecule has 1 aliphatic rings. The minimum Gasteiger partial charge on any atom is -0.489 e. The summed E-state index contributed by atoms with van der Waals surface area (Å²) in [5.74, 6) is 0.612. The van der Waals surface area contributed by atoms with Crippen LogP contribution in [0, 0.1) is 0 Å². The number of hydrogen-bond acceptors (Lipinski definition) is 4. The van der Waals surface area contributed by atoms with Gasteiger partial charge in [0.05, 0.1) is 25.7 Å². The van der Waals surface area contributed by atoms with Crippen LogP contribution in [0.4, 0.5) is 4.79 Å². The van der Waals surface area contributed by atoms with E-state index in [1.807, 2.05) is 40.0 Å².